The van der Waals surface area contributed by atoms with Crippen LogP contribution in [0.3, 0.4) is 0 Å². The summed E-state index contributed by atoms with van der Waals surface area (Å²) in [6, 6.07) is 0.680. The van der Waals surface area contributed by atoms with Gasteiger partial charge in [0.05, 0.1) is 11.0 Å². The van der Waals surface area contributed by atoms with Gasteiger partial charge in [-0.15, -0.1) is 0 Å². The van der Waals surface area contributed by atoms with Crippen LogP contribution < -0.4 is 11.1 Å². The number of thiocarbonyl (C=S) groups is 1. The van der Waals surface area contributed by atoms with E-state index in [0.717, 1.165) is 25.7 Å². The van der Waals surface area contributed by atoms with E-state index in [0.29, 0.717) is 23.6 Å². The Morgan fingerprint density at radius 1 is 1.19 bits per heavy atom. The molecule has 4 nitrogen and oxygen atoms in total. The van der Waals surface area contributed by atoms with Crippen LogP contribution >= 0.6 is 12.2 Å². The van der Waals surface area contributed by atoms with Gasteiger partial charge in [0.1, 0.15) is 0 Å². The molecule has 0 aromatic rings. The highest BCUT2D eigenvalue weighted by Crippen LogP contribution is 2.25. The van der Waals surface area contributed by atoms with E-state index in [4.69, 9.17) is 18.0 Å². The van der Waals surface area contributed by atoms with E-state index in [1.54, 1.807) is 0 Å². The Morgan fingerprint density at radius 3 is 2.33 bits per heavy atom. The predicted molar refractivity (Wildman–Crippen MR) is 90.2 cm³/mol. The SMILES string of the molecule is CC(C(=O)NC1CCCCC1)N(CC(N)=S)C1CCCC1. The van der Waals surface area contributed by atoms with Crippen molar-refractivity contribution in [3.8, 4) is 0 Å². The maximum atomic E-state index is 12.6. The van der Waals surface area contributed by atoms with Gasteiger partial charge in [-0.25, -0.2) is 0 Å². The first-order valence-electron chi connectivity index (χ1n) is 8.42. The van der Waals surface area contributed by atoms with Crippen LogP contribution in [-0.4, -0.2) is 40.5 Å². The summed E-state index contributed by atoms with van der Waals surface area (Å²) in [7, 11) is 0. The number of hydrogen-bond acceptors (Lipinski definition) is 3. The smallest absolute Gasteiger partial charge is 0.237 e. The third kappa shape index (κ3) is 4.92. The summed E-state index contributed by atoms with van der Waals surface area (Å²) < 4.78 is 0. The second-order valence-corrected chi connectivity index (χ2v) is 7.12. The first-order chi connectivity index (χ1) is 10.1. The fraction of sp³-hybridized carbons (Fsp3) is 0.875. The van der Waals surface area contributed by atoms with Gasteiger partial charge in [-0.3, -0.25) is 9.69 Å². The molecule has 21 heavy (non-hydrogen) atoms. The van der Waals surface area contributed by atoms with Gasteiger partial charge in [0.25, 0.3) is 0 Å². The lowest BCUT2D eigenvalue weighted by Gasteiger charge is -2.34. The van der Waals surface area contributed by atoms with Gasteiger partial charge in [0.15, 0.2) is 0 Å². The van der Waals surface area contributed by atoms with E-state index in [9.17, 15) is 4.79 Å². The van der Waals surface area contributed by atoms with Gasteiger partial charge in [0.2, 0.25) is 5.91 Å². The zero-order valence-electron chi connectivity index (χ0n) is 13.1. The fourth-order valence-corrected chi connectivity index (χ4v) is 3.87. The summed E-state index contributed by atoms with van der Waals surface area (Å²) in [4.78, 5) is 15.3. The van der Waals surface area contributed by atoms with Crippen molar-refractivity contribution in [2.75, 3.05) is 6.54 Å². The second kappa shape index (κ2) is 8.08. The number of rotatable bonds is 6. The van der Waals surface area contributed by atoms with E-state index in [1.807, 2.05) is 6.92 Å². The highest BCUT2D eigenvalue weighted by atomic mass is 32.1. The minimum absolute atomic E-state index is 0.142. The first kappa shape index (κ1) is 16.7. The Labute approximate surface area is 133 Å². The Bertz CT molecular complexity index is 363. The summed E-state index contributed by atoms with van der Waals surface area (Å²) in [6.45, 7) is 2.55. The quantitative estimate of drug-likeness (QED) is 0.739. The summed E-state index contributed by atoms with van der Waals surface area (Å²) in [5.74, 6) is 0.144. The van der Waals surface area contributed by atoms with Crippen LogP contribution in [0.25, 0.3) is 0 Å². The number of hydrogen-bond donors (Lipinski definition) is 2. The maximum absolute atomic E-state index is 12.6. The fourth-order valence-electron chi connectivity index (χ4n) is 3.72. The molecule has 2 rings (SSSR count). The van der Waals surface area contributed by atoms with Gasteiger partial charge in [-0.1, -0.05) is 44.3 Å². The van der Waals surface area contributed by atoms with Gasteiger partial charge in [0, 0.05) is 18.6 Å². The van der Waals surface area contributed by atoms with E-state index in [-0.39, 0.29) is 11.9 Å². The first-order valence-corrected chi connectivity index (χ1v) is 8.83. The number of nitrogens with one attached hydrogen (secondary N) is 1. The zero-order valence-corrected chi connectivity index (χ0v) is 14.0. The molecular weight excluding hydrogens is 282 g/mol. The maximum Gasteiger partial charge on any atom is 0.237 e. The Hall–Kier alpha value is -0.680. The molecule has 2 saturated carbocycles. The molecule has 0 aromatic heterocycles. The van der Waals surface area contributed by atoms with Crippen LogP contribution in [0.4, 0.5) is 0 Å². The van der Waals surface area contributed by atoms with Crippen LogP contribution in [0.15, 0.2) is 0 Å². The molecule has 3 N–H and O–H groups in total. The molecule has 0 saturated heterocycles. The molecule has 1 unspecified atom stereocenters. The third-order valence-electron chi connectivity index (χ3n) is 4.96. The number of nitrogens with zero attached hydrogens (tertiary/aromatic N) is 1. The van der Waals surface area contributed by atoms with Crippen molar-refractivity contribution < 1.29 is 4.79 Å². The number of nitrogens with two attached hydrogens (primary N) is 1. The molecule has 0 spiro atoms. The number of carbonyl (C=O) groups excluding carboxylic acids is 1. The normalized spacial score (nSPS) is 22.4. The molecule has 0 heterocycles. The molecule has 120 valence electrons. The summed E-state index contributed by atoms with van der Waals surface area (Å²) in [5.41, 5.74) is 5.74. The average molecular weight is 311 g/mol. The largest absolute Gasteiger partial charge is 0.392 e. The topological polar surface area (TPSA) is 58.4 Å². The van der Waals surface area contributed by atoms with E-state index >= 15 is 0 Å². The van der Waals surface area contributed by atoms with Crippen molar-refractivity contribution >= 4 is 23.1 Å². The van der Waals surface area contributed by atoms with Crippen LogP contribution in [-0.2, 0) is 4.79 Å². The molecule has 2 aliphatic carbocycles. The van der Waals surface area contributed by atoms with Gasteiger partial charge in [-0.2, -0.15) is 0 Å². The number of amides is 1. The molecule has 0 aliphatic heterocycles. The lowest BCUT2D eigenvalue weighted by atomic mass is 9.95. The predicted octanol–water partition coefficient (Wildman–Crippen LogP) is 2.35. The average Bonchev–Trinajstić information content (AvgIpc) is 2.99. The van der Waals surface area contributed by atoms with E-state index in [2.05, 4.69) is 10.2 Å². The molecule has 5 heteroatoms. The minimum atomic E-state index is -0.142. The third-order valence-corrected chi connectivity index (χ3v) is 5.09. The number of carbonyl (C=O) groups is 1. The molecule has 1 amide bonds. The Morgan fingerprint density at radius 2 is 1.76 bits per heavy atom. The summed E-state index contributed by atoms with van der Waals surface area (Å²) in [5, 5.41) is 3.23. The Kier molecular flexibility index (Phi) is 6.42. The van der Waals surface area contributed by atoms with Gasteiger partial charge in [-0.05, 0) is 32.6 Å². The lowest BCUT2D eigenvalue weighted by Crippen LogP contribution is -2.53. The van der Waals surface area contributed by atoms with E-state index < -0.39 is 0 Å². The second-order valence-electron chi connectivity index (χ2n) is 6.60. The van der Waals surface area contributed by atoms with Crippen LogP contribution in [0.1, 0.15) is 64.7 Å². The van der Waals surface area contributed by atoms with Crippen LogP contribution in [0.5, 0.6) is 0 Å². The minimum Gasteiger partial charge on any atom is -0.392 e. The molecular formula is C16H29N3OS. The molecule has 0 radical (unpaired) electrons. The zero-order chi connectivity index (χ0) is 15.2. The van der Waals surface area contributed by atoms with Crippen molar-refractivity contribution in [2.45, 2.75) is 82.8 Å². The van der Waals surface area contributed by atoms with Crippen molar-refractivity contribution in [2.24, 2.45) is 5.73 Å². The Balaban J connectivity index is 1.93. The van der Waals surface area contributed by atoms with Crippen molar-refractivity contribution in [1.29, 1.82) is 0 Å². The van der Waals surface area contributed by atoms with Crippen LogP contribution in [0, 0.1) is 0 Å². The molecule has 2 fully saturated rings. The highest BCUT2D eigenvalue weighted by molar-refractivity contribution is 7.80. The molecule has 0 bridgehead atoms. The molecule has 0 aromatic carbocycles. The lowest BCUT2D eigenvalue weighted by molar-refractivity contribution is -0.127. The van der Waals surface area contributed by atoms with E-state index in [1.165, 1.54) is 32.1 Å². The van der Waals surface area contributed by atoms with Crippen LogP contribution in [0.2, 0.25) is 0 Å². The van der Waals surface area contributed by atoms with Crippen molar-refractivity contribution in [3.05, 3.63) is 0 Å². The highest BCUT2D eigenvalue weighted by Gasteiger charge is 2.31. The van der Waals surface area contributed by atoms with Crippen molar-refractivity contribution in [1.82, 2.24) is 10.2 Å². The molecule has 1 atom stereocenters. The van der Waals surface area contributed by atoms with Gasteiger partial charge < -0.3 is 11.1 Å². The summed E-state index contributed by atoms with van der Waals surface area (Å²) >= 11 is 5.08. The monoisotopic (exact) mass is 311 g/mol. The standard InChI is InChI=1S/C16H29N3OS/c1-12(16(20)18-13-7-3-2-4-8-13)19(11-15(17)21)14-9-5-6-10-14/h12-14H,2-11H2,1H3,(H2,17,21)(H,18,20). The summed E-state index contributed by atoms with van der Waals surface area (Å²) in [6.07, 6.45) is 10.8. The van der Waals surface area contributed by atoms with Gasteiger partial charge >= 0.3 is 0 Å². The van der Waals surface area contributed by atoms with Crippen molar-refractivity contribution in [3.63, 3.8) is 0 Å². The molecule has 2 aliphatic rings.